The third-order valence-corrected chi connectivity index (χ3v) is 2.76. The second kappa shape index (κ2) is 2.80. The van der Waals surface area contributed by atoms with Crippen LogP contribution in [0.5, 0.6) is 0 Å². The monoisotopic (exact) mass is 187 g/mol. The molecule has 2 heterocycles. The standard InChI is InChI=1S/C11H13N3/c1-2-8-3-6-10-12-11(9-4-5-9)13-14(10)7-8/h3,6-7,9H,2,4-5H2,1H3. The lowest BCUT2D eigenvalue weighted by Crippen LogP contribution is -1.90. The highest BCUT2D eigenvalue weighted by molar-refractivity contribution is 5.39. The van der Waals surface area contributed by atoms with Gasteiger partial charge in [-0.25, -0.2) is 9.50 Å². The Kier molecular flexibility index (Phi) is 1.60. The lowest BCUT2D eigenvalue weighted by atomic mass is 10.2. The molecule has 1 aliphatic carbocycles. The summed E-state index contributed by atoms with van der Waals surface area (Å²) in [5, 5.41) is 4.49. The van der Waals surface area contributed by atoms with E-state index in [9.17, 15) is 0 Å². The molecule has 0 spiro atoms. The fraction of sp³-hybridized carbons (Fsp3) is 0.455. The van der Waals surface area contributed by atoms with Crippen molar-refractivity contribution in [2.24, 2.45) is 0 Å². The molecule has 3 rings (SSSR count). The van der Waals surface area contributed by atoms with E-state index in [0.29, 0.717) is 5.92 Å². The zero-order valence-electron chi connectivity index (χ0n) is 8.27. The van der Waals surface area contributed by atoms with Crippen molar-refractivity contribution in [3.05, 3.63) is 29.7 Å². The molecule has 0 aliphatic heterocycles. The van der Waals surface area contributed by atoms with Crippen LogP contribution in [0.3, 0.4) is 0 Å². The van der Waals surface area contributed by atoms with Crippen LogP contribution in [-0.4, -0.2) is 14.6 Å². The van der Waals surface area contributed by atoms with E-state index < -0.39 is 0 Å². The van der Waals surface area contributed by atoms with Crippen molar-refractivity contribution in [2.75, 3.05) is 0 Å². The average molecular weight is 187 g/mol. The molecule has 0 atom stereocenters. The lowest BCUT2D eigenvalue weighted by Gasteiger charge is -1.95. The maximum atomic E-state index is 4.50. The topological polar surface area (TPSA) is 30.2 Å². The molecule has 1 fully saturated rings. The highest BCUT2D eigenvalue weighted by Gasteiger charge is 2.27. The fourth-order valence-electron chi connectivity index (χ4n) is 1.67. The maximum Gasteiger partial charge on any atom is 0.155 e. The molecule has 0 aromatic carbocycles. The molecule has 1 aliphatic rings. The molecule has 0 amide bonds. The average Bonchev–Trinajstić information content (AvgIpc) is 2.97. The minimum absolute atomic E-state index is 0.639. The number of pyridine rings is 1. The van der Waals surface area contributed by atoms with Gasteiger partial charge in [0, 0.05) is 12.1 Å². The maximum absolute atomic E-state index is 4.50. The molecule has 0 bridgehead atoms. The third kappa shape index (κ3) is 1.20. The third-order valence-electron chi connectivity index (χ3n) is 2.76. The first-order valence-corrected chi connectivity index (χ1v) is 5.22. The van der Waals surface area contributed by atoms with Crippen LogP contribution in [-0.2, 0) is 6.42 Å². The van der Waals surface area contributed by atoms with E-state index in [2.05, 4.69) is 35.3 Å². The molecule has 0 N–H and O–H groups in total. The summed E-state index contributed by atoms with van der Waals surface area (Å²) in [6, 6.07) is 4.18. The molecule has 3 heteroatoms. The largest absolute Gasteiger partial charge is 0.221 e. The van der Waals surface area contributed by atoms with Gasteiger partial charge in [0.05, 0.1) is 0 Å². The SMILES string of the molecule is CCc1ccc2nc(C3CC3)nn2c1. The highest BCUT2D eigenvalue weighted by Crippen LogP contribution is 2.38. The van der Waals surface area contributed by atoms with E-state index in [1.165, 1.54) is 18.4 Å². The van der Waals surface area contributed by atoms with Gasteiger partial charge in [-0.3, -0.25) is 0 Å². The summed E-state index contributed by atoms with van der Waals surface area (Å²) in [5.41, 5.74) is 2.29. The lowest BCUT2D eigenvalue weighted by molar-refractivity contribution is 0.869. The molecule has 0 saturated heterocycles. The Bertz CT molecular complexity index is 468. The number of hydrogen-bond acceptors (Lipinski definition) is 2. The van der Waals surface area contributed by atoms with E-state index >= 15 is 0 Å². The minimum atomic E-state index is 0.639. The summed E-state index contributed by atoms with van der Waals surface area (Å²) >= 11 is 0. The van der Waals surface area contributed by atoms with E-state index in [1.54, 1.807) is 0 Å². The predicted molar refractivity (Wildman–Crippen MR) is 54.3 cm³/mol. The molecule has 1 saturated carbocycles. The van der Waals surface area contributed by atoms with Gasteiger partial charge in [-0.2, -0.15) is 5.10 Å². The number of hydrogen-bond donors (Lipinski definition) is 0. The molecule has 0 radical (unpaired) electrons. The van der Waals surface area contributed by atoms with Crippen LogP contribution in [0.15, 0.2) is 18.3 Å². The Morgan fingerprint density at radius 1 is 1.43 bits per heavy atom. The molecule has 3 nitrogen and oxygen atoms in total. The van der Waals surface area contributed by atoms with Crippen molar-refractivity contribution in [3.8, 4) is 0 Å². The van der Waals surface area contributed by atoms with Gasteiger partial charge < -0.3 is 0 Å². The van der Waals surface area contributed by atoms with Crippen LogP contribution in [0.1, 0.15) is 37.1 Å². The summed E-state index contributed by atoms with van der Waals surface area (Å²) in [5.74, 6) is 1.67. The van der Waals surface area contributed by atoms with E-state index in [1.807, 2.05) is 4.52 Å². The van der Waals surface area contributed by atoms with Crippen LogP contribution in [0.2, 0.25) is 0 Å². The Hall–Kier alpha value is -1.38. The van der Waals surface area contributed by atoms with Crippen LogP contribution >= 0.6 is 0 Å². The minimum Gasteiger partial charge on any atom is -0.221 e. The molecule has 72 valence electrons. The van der Waals surface area contributed by atoms with Crippen LogP contribution in [0.4, 0.5) is 0 Å². The second-order valence-electron chi connectivity index (χ2n) is 3.94. The van der Waals surface area contributed by atoms with E-state index in [0.717, 1.165) is 17.9 Å². The van der Waals surface area contributed by atoms with Crippen LogP contribution in [0.25, 0.3) is 5.65 Å². The number of fused-ring (bicyclic) bond motifs is 1. The summed E-state index contributed by atoms with van der Waals surface area (Å²) in [6.45, 7) is 2.15. The first kappa shape index (κ1) is 7.97. The summed E-state index contributed by atoms with van der Waals surface area (Å²) < 4.78 is 1.91. The Labute approximate surface area is 82.8 Å². The van der Waals surface area contributed by atoms with Crippen LogP contribution in [0, 0.1) is 0 Å². The van der Waals surface area contributed by atoms with Crippen LogP contribution < -0.4 is 0 Å². The molecule has 0 unspecified atom stereocenters. The zero-order chi connectivity index (χ0) is 9.54. The molecule has 2 aromatic heterocycles. The normalized spacial score (nSPS) is 16.4. The van der Waals surface area contributed by atoms with Gasteiger partial charge in [0.2, 0.25) is 0 Å². The van der Waals surface area contributed by atoms with Gasteiger partial charge in [-0.1, -0.05) is 13.0 Å². The van der Waals surface area contributed by atoms with Crippen molar-refractivity contribution in [1.82, 2.24) is 14.6 Å². The zero-order valence-corrected chi connectivity index (χ0v) is 8.27. The van der Waals surface area contributed by atoms with Crippen molar-refractivity contribution >= 4 is 5.65 Å². The smallest absolute Gasteiger partial charge is 0.155 e. The quantitative estimate of drug-likeness (QED) is 0.721. The van der Waals surface area contributed by atoms with Crippen molar-refractivity contribution < 1.29 is 0 Å². The molecular weight excluding hydrogens is 174 g/mol. The molecule has 14 heavy (non-hydrogen) atoms. The van der Waals surface area contributed by atoms with E-state index in [4.69, 9.17) is 0 Å². The van der Waals surface area contributed by atoms with E-state index in [-0.39, 0.29) is 0 Å². The number of nitrogens with zero attached hydrogens (tertiary/aromatic N) is 3. The van der Waals surface area contributed by atoms with Crippen molar-refractivity contribution in [2.45, 2.75) is 32.1 Å². The van der Waals surface area contributed by atoms with Crippen molar-refractivity contribution in [3.63, 3.8) is 0 Å². The summed E-state index contributed by atoms with van der Waals surface area (Å²) in [6.07, 6.45) is 5.65. The van der Waals surface area contributed by atoms with Gasteiger partial charge in [-0.15, -0.1) is 0 Å². The Balaban J connectivity index is 2.12. The second-order valence-corrected chi connectivity index (χ2v) is 3.94. The summed E-state index contributed by atoms with van der Waals surface area (Å²) in [4.78, 5) is 4.50. The highest BCUT2D eigenvalue weighted by atomic mass is 15.3. The van der Waals surface area contributed by atoms with Gasteiger partial charge in [0.25, 0.3) is 0 Å². The Morgan fingerprint density at radius 3 is 3.00 bits per heavy atom. The summed E-state index contributed by atoms with van der Waals surface area (Å²) in [7, 11) is 0. The molecule has 2 aromatic rings. The number of rotatable bonds is 2. The van der Waals surface area contributed by atoms with Gasteiger partial charge >= 0.3 is 0 Å². The van der Waals surface area contributed by atoms with Gasteiger partial charge in [0.1, 0.15) is 0 Å². The predicted octanol–water partition coefficient (Wildman–Crippen LogP) is 2.17. The first-order valence-electron chi connectivity index (χ1n) is 5.22. The number of aryl methyl sites for hydroxylation is 1. The Morgan fingerprint density at radius 2 is 2.29 bits per heavy atom. The first-order chi connectivity index (χ1) is 6.86. The fourth-order valence-corrected chi connectivity index (χ4v) is 1.67. The van der Waals surface area contributed by atoms with Crippen molar-refractivity contribution in [1.29, 1.82) is 0 Å². The molecular formula is C11H13N3. The number of aromatic nitrogens is 3. The van der Waals surface area contributed by atoms with Gasteiger partial charge in [0.15, 0.2) is 11.5 Å². The van der Waals surface area contributed by atoms with Gasteiger partial charge in [-0.05, 0) is 30.9 Å².